The van der Waals surface area contributed by atoms with E-state index in [9.17, 15) is 14.4 Å². The van der Waals surface area contributed by atoms with Crippen molar-refractivity contribution in [1.29, 1.82) is 0 Å². The van der Waals surface area contributed by atoms with Crippen LogP contribution in [0.15, 0.2) is 54.6 Å². The van der Waals surface area contributed by atoms with Crippen molar-refractivity contribution < 1.29 is 19.1 Å². The number of ether oxygens (including phenoxy) is 1. The van der Waals surface area contributed by atoms with Crippen LogP contribution < -0.4 is 10.2 Å². The molecule has 3 rings (SSSR count). The molecular weight excluding hydrogens is 368 g/mol. The molecule has 1 heterocycles. The Kier molecular flexibility index (Phi) is 5.55. The van der Waals surface area contributed by atoms with Crippen molar-refractivity contribution in [2.24, 2.45) is 0 Å². The zero-order valence-corrected chi connectivity index (χ0v) is 16.9. The van der Waals surface area contributed by atoms with Crippen molar-refractivity contribution in [2.45, 2.75) is 39.3 Å². The molecule has 1 aliphatic heterocycles. The third-order valence-electron chi connectivity index (χ3n) is 4.86. The van der Waals surface area contributed by atoms with Gasteiger partial charge in [0.05, 0.1) is 11.4 Å². The van der Waals surface area contributed by atoms with E-state index in [1.165, 1.54) is 17.9 Å². The van der Waals surface area contributed by atoms with E-state index in [1.54, 1.807) is 44.2 Å². The highest BCUT2D eigenvalue weighted by atomic mass is 16.5. The van der Waals surface area contributed by atoms with E-state index in [2.05, 4.69) is 5.32 Å². The molecule has 0 saturated carbocycles. The lowest BCUT2D eigenvalue weighted by Gasteiger charge is -2.42. The number of nitrogens with one attached hydrogen (secondary N) is 1. The van der Waals surface area contributed by atoms with Gasteiger partial charge in [-0.2, -0.15) is 0 Å². The summed E-state index contributed by atoms with van der Waals surface area (Å²) in [6.45, 7) is 6.80. The molecule has 2 amide bonds. The van der Waals surface area contributed by atoms with Gasteiger partial charge in [-0.25, -0.2) is 4.79 Å². The lowest BCUT2D eigenvalue weighted by Crippen LogP contribution is -2.60. The predicted octanol–water partition coefficient (Wildman–Crippen LogP) is 3.70. The Labute approximate surface area is 170 Å². The summed E-state index contributed by atoms with van der Waals surface area (Å²) in [5.74, 6) is -1.39. The Balaban J connectivity index is 1.76. The van der Waals surface area contributed by atoms with Crippen LogP contribution >= 0.6 is 0 Å². The van der Waals surface area contributed by atoms with Crippen molar-refractivity contribution in [3.05, 3.63) is 65.7 Å². The summed E-state index contributed by atoms with van der Waals surface area (Å²) >= 11 is 0. The summed E-state index contributed by atoms with van der Waals surface area (Å²) in [6.07, 6.45) is 1.87. The van der Waals surface area contributed by atoms with Crippen LogP contribution in [0.4, 0.5) is 11.4 Å². The number of anilines is 2. The molecule has 1 atom stereocenters. The number of rotatable bonds is 4. The standard InChI is InChI=1S/C23H24N2O4/c1-15-9-11-17(12-10-15)13-14-20(26)29-16(2)21(27)25-19-8-6-5-7-18(19)24-22(28)23(25,3)4/h5-14,16H,1-4H3,(H,24,28)/b14-13+/t16-/m1/s1. The Morgan fingerprint density at radius 2 is 1.76 bits per heavy atom. The highest BCUT2D eigenvalue weighted by Crippen LogP contribution is 2.37. The maximum Gasteiger partial charge on any atom is 0.331 e. The second-order valence-corrected chi connectivity index (χ2v) is 7.53. The summed E-state index contributed by atoms with van der Waals surface area (Å²) in [6, 6.07) is 14.7. The molecule has 0 saturated heterocycles. The zero-order valence-electron chi connectivity index (χ0n) is 16.9. The van der Waals surface area contributed by atoms with Crippen LogP contribution in [0.2, 0.25) is 0 Å². The molecule has 0 spiro atoms. The predicted molar refractivity (Wildman–Crippen MR) is 112 cm³/mol. The number of benzene rings is 2. The monoisotopic (exact) mass is 392 g/mol. The minimum atomic E-state index is -1.12. The molecule has 0 aliphatic carbocycles. The van der Waals surface area contributed by atoms with Crippen molar-refractivity contribution in [2.75, 3.05) is 10.2 Å². The van der Waals surface area contributed by atoms with Crippen molar-refractivity contribution >= 4 is 35.2 Å². The molecule has 6 heteroatoms. The van der Waals surface area contributed by atoms with Gasteiger partial charge in [0.2, 0.25) is 5.91 Å². The van der Waals surface area contributed by atoms with Gasteiger partial charge in [0.15, 0.2) is 6.10 Å². The number of fused-ring (bicyclic) bond motifs is 1. The fourth-order valence-electron chi connectivity index (χ4n) is 3.13. The van der Waals surface area contributed by atoms with Crippen LogP contribution in [0, 0.1) is 6.92 Å². The quantitative estimate of drug-likeness (QED) is 0.636. The number of carbonyl (C=O) groups is 3. The number of esters is 1. The smallest absolute Gasteiger partial charge is 0.331 e. The van der Waals surface area contributed by atoms with Gasteiger partial charge in [0.1, 0.15) is 5.54 Å². The largest absolute Gasteiger partial charge is 0.449 e. The average Bonchev–Trinajstić information content (AvgIpc) is 2.68. The van der Waals surface area contributed by atoms with Gasteiger partial charge in [-0.05, 0) is 51.5 Å². The second kappa shape index (κ2) is 7.91. The molecule has 1 N–H and O–H groups in total. The zero-order chi connectivity index (χ0) is 21.2. The minimum Gasteiger partial charge on any atom is -0.449 e. The molecule has 29 heavy (non-hydrogen) atoms. The van der Waals surface area contributed by atoms with Crippen LogP contribution in [-0.4, -0.2) is 29.4 Å². The average molecular weight is 392 g/mol. The van der Waals surface area contributed by atoms with Gasteiger partial charge in [-0.3, -0.25) is 14.5 Å². The van der Waals surface area contributed by atoms with E-state index in [4.69, 9.17) is 4.74 Å². The lowest BCUT2D eigenvalue weighted by atomic mass is 9.95. The number of hydrogen-bond acceptors (Lipinski definition) is 4. The van der Waals surface area contributed by atoms with Crippen LogP contribution in [0.3, 0.4) is 0 Å². The van der Waals surface area contributed by atoms with Crippen LogP contribution in [0.25, 0.3) is 6.08 Å². The van der Waals surface area contributed by atoms with Gasteiger partial charge in [0.25, 0.3) is 5.91 Å². The van der Waals surface area contributed by atoms with Gasteiger partial charge in [-0.15, -0.1) is 0 Å². The maximum atomic E-state index is 13.1. The third-order valence-corrected chi connectivity index (χ3v) is 4.86. The van der Waals surface area contributed by atoms with E-state index in [0.717, 1.165) is 11.1 Å². The highest BCUT2D eigenvalue weighted by molar-refractivity contribution is 6.15. The summed E-state index contributed by atoms with van der Waals surface area (Å²) in [7, 11) is 0. The van der Waals surface area contributed by atoms with Crippen LogP contribution in [0.5, 0.6) is 0 Å². The number of carbonyl (C=O) groups excluding carboxylic acids is 3. The first kappa shape index (κ1) is 20.3. The van der Waals surface area contributed by atoms with Crippen molar-refractivity contribution in [1.82, 2.24) is 0 Å². The summed E-state index contributed by atoms with van der Waals surface area (Å²) in [5, 5.41) is 2.81. The Bertz CT molecular complexity index is 977. The summed E-state index contributed by atoms with van der Waals surface area (Å²) in [5.41, 5.74) is 1.97. The van der Waals surface area contributed by atoms with E-state index in [1.807, 2.05) is 31.2 Å². The van der Waals surface area contributed by atoms with Crippen LogP contribution in [0.1, 0.15) is 31.9 Å². The van der Waals surface area contributed by atoms with E-state index in [-0.39, 0.29) is 5.91 Å². The van der Waals surface area contributed by atoms with Gasteiger partial charge < -0.3 is 10.1 Å². The minimum absolute atomic E-state index is 0.303. The normalized spacial score (nSPS) is 16.1. The van der Waals surface area contributed by atoms with Gasteiger partial charge in [0, 0.05) is 6.08 Å². The first-order valence-electron chi connectivity index (χ1n) is 9.40. The third kappa shape index (κ3) is 4.21. The SMILES string of the molecule is Cc1ccc(/C=C/C(=O)O[C@H](C)C(=O)N2c3ccccc3NC(=O)C2(C)C)cc1. The van der Waals surface area contributed by atoms with E-state index >= 15 is 0 Å². The highest BCUT2D eigenvalue weighted by Gasteiger charge is 2.45. The lowest BCUT2D eigenvalue weighted by molar-refractivity contribution is -0.149. The topological polar surface area (TPSA) is 75.7 Å². The number of para-hydroxylation sites is 2. The number of nitrogens with zero attached hydrogens (tertiary/aromatic N) is 1. The molecule has 0 unspecified atom stereocenters. The second-order valence-electron chi connectivity index (χ2n) is 7.53. The van der Waals surface area contributed by atoms with Crippen LogP contribution in [-0.2, 0) is 19.1 Å². The van der Waals surface area contributed by atoms with Crippen molar-refractivity contribution in [3.63, 3.8) is 0 Å². The number of aryl methyl sites for hydroxylation is 1. The van der Waals surface area contributed by atoms with Crippen molar-refractivity contribution in [3.8, 4) is 0 Å². The molecule has 2 aromatic carbocycles. The number of hydrogen-bond donors (Lipinski definition) is 1. The Hall–Kier alpha value is -3.41. The first-order chi connectivity index (χ1) is 13.7. The molecule has 6 nitrogen and oxygen atoms in total. The van der Waals surface area contributed by atoms with E-state index in [0.29, 0.717) is 11.4 Å². The molecule has 0 radical (unpaired) electrons. The molecule has 0 fully saturated rings. The summed E-state index contributed by atoms with van der Waals surface area (Å²) < 4.78 is 5.31. The van der Waals surface area contributed by atoms with Gasteiger partial charge >= 0.3 is 5.97 Å². The molecule has 150 valence electrons. The maximum absolute atomic E-state index is 13.1. The Morgan fingerprint density at radius 3 is 2.45 bits per heavy atom. The van der Waals surface area contributed by atoms with Gasteiger partial charge in [-0.1, -0.05) is 42.0 Å². The molecule has 0 bridgehead atoms. The molecule has 2 aromatic rings. The molecule has 1 aliphatic rings. The Morgan fingerprint density at radius 1 is 1.10 bits per heavy atom. The molecule has 0 aromatic heterocycles. The fraction of sp³-hybridized carbons (Fsp3) is 0.261. The fourth-order valence-corrected chi connectivity index (χ4v) is 3.13. The first-order valence-corrected chi connectivity index (χ1v) is 9.40. The number of amides is 2. The van der Waals surface area contributed by atoms with E-state index < -0.39 is 23.5 Å². The summed E-state index contributed by atoms with van der Waals surface area (Å²) in [4.78, 5) is 39.2. The molecular formula is C23H24N2O4.